The van der Waals surface area contributed by atoms with Gasteiger partial charge in [-0.3, -0.25) is 4.79 Å². The van der Waals surface area contributed by atoms with E-state index in [9.17, 15) is 9.59 Å². The van der Waals surface area contributed by atoms with Crippen LogP contribution in [-0.2, 0) is 9.53 Å². The number of carbonyl (C=O) groups excluding carboxylic acids is 1. The first-order valence-electron chi connectivity index (χ1n) is 4.53. The smallest absolute Gasteiger partial charge is 0.428 e. The molecule has 0 heterocycles. The number of hydrogen-bond acceptors (Lipinski definition) is 4. The third-order valence-electron chi connectivity index (χ3n) is 1.13. The third kappa shape index (κ3) is 10.3. The number of rotatable bonds is 4. The Morgan fingerprint density at radius 3 is 2.53 bits per heavy atom. The molecule has 6 nitrogen and oxygen atoms in total. The molecule has 6 heteroatoms. The Morgan fingerprint density at radius 2 is 2.07 bits per heavy atom. The van der Waals surface area contributed by atoms with E-state index in [2.05, 4.69) is 10.5 Å². The number of nitrogens with one attached hydrogen (secondary N) is 1. The van der Waals surface area contributed by atoms with E-state index < -0.39 is 17.7 Å². The molecule has 0 radical (unpaired) electrons. The predicted octanol–water partition coefficient (Wildman–Crippen LogP) is 1.36. The van der Waals surface area contributed by atoms with Gasteiger partial charge < -0.3 is 9.84 Å². The maximum Gasteiger partial charge on any atom is 0.428 e. The van der Waals surface area contributed by atoms with Gasteiger partial charge in [-0.25, -0.2) is 10.2 Å². The van der Waals surface area contributed by atoms with Crippen LogP contribution in [0.1, 0.15) is 33.6 Å². The summed E-state index contributed by atoms with van der Waals surface area (Å²) in [6, 6.07) is 0. The summed E-state index contributed by atoms with van der Waals surface area (Å²) in [6.07, 6.45) is 0.914. The third-order valence-corrected chi connectivity index (χ3v) is 1.13. The van der Waals surface area contributed by atoms with Crippen molar-refractivity contribution < 1.29 is 19.4 Å². The minimum Gasteiger partial charge on any atom is -0.481 e. The minimum absolute atomic E-state index is 0.0144. The van der Waals surface area contributed by atoms with Gasteiger partial charge in [0.15, 0.2) is 0 Å². The summed E-state index contributed by atoms with van der Waals surface area (Å²) in [7, 11) is 0. The molecule has 0 atom stereocenters. The monoisotopic (exact) mass is 216 g/mol. The second kappa shape index (κ2) is 6.00. The number of ether oxygens (including phenoxy) is 1. The standard InChI is InChI=1S/C9H16N2O4/c1-9(2,3)15-8(14)11-10-6-4-5-7(12)13/h6H,4-5H2,1-3H3,(H,11,14)(H,12,13)/b10-6+. The molecule has 0 aromatic carbocycles. The van der Waals surface area contributed by atoms with Crippen molar-refractivity contribution in [2.75, 3.05) is 0 Å². The maximum atomic E-state index is 11.0. The summed E-state index contributed by atoms with van der Waals surface area (Å²) in [5, 5.41) is 11.8. The van der Waals surface area contributed by atoms with Gasteiger partial charge in [0.05, 0.1) is 6.42 Å². The van der Waals surface area contributed by atoms with E-state index in [1.54, 1.807) is 20.8 Å². The van der Waals surface area contributed by atoms with Crippen molar-refractivity contribution >= 4 is 18.3 Å². The molecule has 0 rings (SSSR count). The Morgan fingerprint density at radius 1 is 1.47 bits per heavy atom. The van der Waals surface area contributed by atoms with E-state index in [4.69, 9.17) is 9.84 Å². The van der Waals surface area contributed by atoms with E-state index in [1.807, 2.05) is 0 Å². The molecule has 0 saturated carbocycles. The second-order valence-electron chi connectivity index (χ2n) is 3.86. The molecule has 0 aliphatic carbocycles. The predicted molar refractivity (Wildman–Crippen MR) is 54.7 cm³/mol. The Kier molecular flexibility index (Phi) is 5.36. The summed E-state index contributed by atoms with van der Waals surface area (Å²) in [5.74, 6) is -0.904. The van der Waals surface area contributed by atoms with Crippen LogP contribution in [0.4, 0.5) is 4.79 Å². The van der Waals surface area contributed by atoms with E-state index in [0.29, 0.717) is 0 Å². The highest BCUT2D eigenvalue weighted by Crippen LogP contribution is 2.06. The summed E-state index contributed by atoms with van der Waals surface area (Å²) in [6.45, 7) is 5.21. The van der Waals surface area contributed by atoms with Gasteiger partial charge in [0.1, 0.15) is 5.60 Å². The summed E-state index contributed by atoms with van der Waals surface area (Å²) in [5.41, 5.74) is 1.56. The van der Waals surface area contributed by atoms with Gasteiger partial charge in [0.2, 0.25) is 0 Å². The van der Waals surface area contributed by atoms with Gasteiger partial charge in [0, 0.05) is 6.21 Å². The quantitative estimate of drug-likeness (QED) is 0.548. The molecule has 0 bridgehead atoms. The maximum absolute atomic E-state index is 11.0. The Bertz CT molecular complexity index is 255. The number of nitrogens with zero attached hydrogens (tertiary/aromatic N) is 1. The SMILES string of the molecule is CC(C)(C)OC(=O)N/N=C/CCC(=O)O. The fourth-order valence-electron chi connectivity index (χ4n) is 0.652. The van der Waals surface area contributed by atoms with Crippen LogP contribution in [0.3, 0.4) is 0 Å². The molecular formula is C9H16N2O4. The van der Waals surface area contributed by atoms with Gasteiger partial charge in [-0.2, -0.15) is 5.10 Å². The highest BCUT2D eigenvalue weighted by Gasteiger charge is 2.15. The molecule has 15 heavy (non-hydrogen) atoms. The number of hydrogen-bond donors (Lipinski definition) is 2. The van der Waals surface area contributed by atoms with Crippen LogP contribution in [0.5, 0.6) is 0 Å². The van der Waals surface area contributed by atoms with Crippen molar-refractivity contribution in [2.24, 2.45) is 5.10 Å². The van der Waals surface area contributed by atoms with E-state index >= 15 is 0 Å². The number of carboxylic acid groups (broad SMARTS) is 1. The highest BCUT2D eigenvalue weighted by atomic mass is 16.6. The van der Waals surface area contributed by atoms with Crippen LogP contribution >= 0.6 is 0 Å². The lowest BCUT2D eigenvalue weighted by atomic mass is 10.2. The minimum atomic E-state index is -0.904. The molecule has 0 fully saturated rings. The summed E-state index contributed by atoms with van der Waals surface area (Å²) in [4.78, 5) is 21.1. The Hall–Kier alpha value is -1.59. The van der Waals surface area contributed by atoms with Crippen molar-refractivity contribution in [1.82, 2.24) is 5.43 Å². The first kappa shape index (κ1) is 13.4. The number of aliphatic carboxylic acids is 1. The lowest BCUT2D eigenvalue weighted by Crippen LogP contribution is -2.29. The molecule has 0 unspecified atom stereocenters. The lowest BCUT2D eigenvalue weighted by Gasteiger charge is -2.18. The summed E-state index contributed by atoms with van der Waals surface area (Å²) < 4.78 is 4.89. The number of hydrazone groups is 1. The van der Waals surface area contributed by atoms with E-state index in [0.717, 1.165) is 0 Å². The zero-order valence-corrected chi connectivity index (χ0v) is 9.11. The van der Waals surface area contributed by atoms with Crippen molar-refractivity contribution in [3.8, 4) is 0 Å². The van der Waals surface area contributed by atoms with Gasteiger partial charge in [-0.05, 0) is 27.2 Å². The highest BCUT2D eigenvalue weighted by molar-refractivity contribution is 5.73. The first-order valence-corrected chi connectivity index (χ1v) is 4.53. The second-order valence-corrected chi connectivity index (χ2v) is 3.86. The first-order chi connectivity index (χ1) is 6.81. The number of carboxylic acids is 1. The fraction of sp³-hybridized carbons (Fsp3) is 0.667. The topological polar surface area (TPSA) is 88.0 Å². The van der Waals surface area contributed by atoms with Gasteiger partial charge in [0.25, 0.3) is 0 Å². The molecule has 0 saturated heterocycles. The molecule has 86 valence electrons. The summed E-state index contributed by atoms with van der Waals surface area (Å²) >= 11 is 0. The molecule has 2 N–H and O–H groups in total. The van der Waals surface area contributed by atoms with Crippen molar-refractivity contribution in [3.05, 3.63) is 0 Å². The fourth-order valence-corrected chi connectivity index (χ4v) is 0.652. The number of carbonyl (C=O) groups is 2. The van der Waals surface area contributed by atoms with E-state index in [-0.39, 0.29) is 12.8 Å². The zero-order chi connectivity index (χ0) is 11.9. The van der Waals surface area contributed by atoms with Crippen LogP contribution < -0.4 is 5.43 Å². The molecule has 1 amide bonds. The normalized spacial score (nSPS) is 11.4. The molecular weight excluding hydrogens is 200 g/mol. The average molecular weight is 216 g/mol. The van der Waals surface area contributed by atoms with Crippen molar-refractivity contribution in [2.45, 2.75) is 39.2 Å². The van der Waals surface area contributed by atoms with Gasteiger partial charge in [-0.1, -0.05) is 0 Å². The van der Waals surface area contributed by atoms with Crippen LogP contribution in [0.2, 0.25) is 0 Å². The van der Waals surface area contributed by atoms with Gasteiger partial charge >= 0.3 is 12.1 Å². The lowest BCUT2D eigenvalue weighted by molar-refractivity contribution is -0.136. The molecule has 0 aliphatic heterocycles. The molecule has 0 aromatic heterocycles. The Labute approximate surface area is 88.3 Å². The van der Waals surface area contributed by atoms with Crippen molar-refractivity contribution in [3.63, 3.8) is 0 Å². The largest absolute Gasteiger partial charge is 0.481 e. The van der Waals surface area contributed by atoms with Gasteiger partial charge in [-0.15, -0.1) is 0 Å². The molecule has 0 aliphatic rings. The number of amides is 1. The zero-order valence-electron chi connectivity index (χ0n) is 9.11. The van der Waals surface area contributed by atoms with E-state index in [1.165, 1.54) is 6.21 Å². The average Bonchev–Trinajstić information content (AvgIpc) is 1.99. The van der Waals surface area contributed by atoms with Crippen LogP contribution in [0.15, 0.2) is 5.10 Å². The molecule has 0 spiro atoms. The van der Waals surface area contributed by atoms with Crippen LogP contribution in [0, 0.1) is 0 Å². The van der Waals surface area contributed by atoms with Crippen molar-refractivity contribution in [1.29, 1.82) is 0 Å². The van der Waals surface area contributed by atoms with Crippen LogP contribution in [-0.4, -0.2) is 29.0 Å². The molecule has 0 aromatic rings. The van der Waals surface area contributed by atoms with Crippen LogP contribution in [0.25, 0.3) is 0 Å². The Balaban J connectivity index is 3.67.